The number of nitrogens with zero attached hydrogens (tertiary/aromatic N) is 1. The Labute approximate surface area is 112 Å². The zero-order valence-electron chi connectivity index (χ0n) is 9.06. The first-order valence-corrected chi connectivity index (χ1v) is 7.36. The molecule has 0 amide bonds. The lowest BCUT2D eigenvalue weighted by Crippen LogP contribution is -1.84. The minimum absolute atomic E-state index is 0.885. The van der Waals surface area contributed by atoms with E-state index >= 15 is 0 Å². The fraction of sp³-hybridized carbons (Fsp3) is 0.0714. The van der Waals surface area contributed by atoms with Crippen LogP contribution in [-0.2, 0) is 5.33 Å². The van der Waals surface area contributed by atoms with Crippen molar-refractivity contribution in [1.29, 1.82) is 0 Å². The number of hydrogen-bond donors (Lipinski definition) is 0. The van der Waals surface area contributed by atoms with Crippen molar-refractivity contribution in [2.24, 2.45) is 0 Å². The van der Waals surface area contributed by atoms with E-state index in [9.17, 15) is 0 Å². The van der Waals surface area contributed by atoms with Crippen LogP contribution in [0.2, 0.25) is 0 Å². The summed E-state index contributed by atoms with van der Waals surface area (Å²) in [6, 6.07) is 14.8. The molecule has 0 saturated heterocycles. The van der Waals surface area contributed by atoms with Gasteiger partial charge in [0.1, 0.15) is 0 Å². The first-order chi connectivity index (χ1) is 8.36. The molecule has 0 unspecified atom stereocenters. The molecule has 0 aliphatic carbocycles. The molecule has 0 radical (unpaired) electrons. The molecule has 0 spiro atoms. The average molecular weight is 304 g/mol. The van der Waals surface area contributed by atoms with Crippen LogP contribution in [0.3, 0.4) is 0 Å². The van der Waals surface area contributed by atoms with E-state index in [1.807, 2.05) is 0 Å². The average Bonchev–Trinajstić information content (AvgIpc) is 2.91. The summed E-state index contributed by atoms with van der Waals surface area (Å²) in [6.45, 7) is 0. The van der Waals surface area contributed by atoms with Crippen molar-refractivity contribution >= 4 is 38.2 Å². The number of thiophene rings is 1. The Kier molecular flexibility index (Phi) is 2.95. The number of halogens is 1. The number of rotatable bonds is 2. The van der Waals surface area contributed by atoms with Gasteiger partial charge in [0.15, 0.2) is 0 Å². The molecule has 0 bridgehead atoms. The summed E-state index contributed by atoms with van der Waals surface area (Å²) >= 11 is 5.19. The number of hydrogen-bond acceptors (Lipinski definition) is 2. The molecule has 0 N–H and O–H groups in total. The van der Waals surface area contributed by atoms with Crippen molar-refractivity contribution in [2.45, 2.75) is 5.33 Å². The summed E-state index contributed by atoms with van der Waals surface area (Å²) in [6.07, 6.45) is 0. The van der Waals surface area contributed by atoms with Crippen LogP contribution in [0.5, 0.6) is 0 Å². The highest BCUT2D eigenvalue weighted by Gasteiger charge is 2.02. The zero-order chi connectivity index (χ0) is 11.7. The smallest absolute Gasteiger partial charge is 0.0809 e. The molecule has 0 aliphatic rings. The van der Waals surface area contributed by atoms with E-state index in [0.717, 1.165) is 16.5 Å². The van der Waals surface area contributed by atoms with Gasteiger partial charge < -0.3 is 0 Å². The van der Waals surface area contributed by atoms with Crippen LogP contribution in [0.4, 0.5) is 0 Å². The van der Waals surface area contributed by atoms with E-state index in [1.165, 1.54) is 15.8 Å². The van der Waals surface area contributed by atoms with E-state index in [1.54, 1.807) is 11.3 Å². The third-order valence-electron chi connectivity index (χ3n) is 2.68. The fourth-order valence-electron chi connectivity index (χ4n) is 1.82. The van der Waals surface area contributed by atoms with Crippen LogP contribution in [-0.4, -0.2) is 4.98 Å². The number of alkyl halides is 1. The predicted molar refractivity (Wildman–Crippen MR) is 77.7 cm³/mol. The second kappa shape index (κ2) is 4.59. The second-order valence-corrected chi connectivity index (χ2v) is 5.34. The maximum absolute atomic E-state index is 4.69. The Hall–Kier alpha value is -1.19. The molecule has 1 aromatic carbocycles. The van der Waals surface area contributed by atoms with Gasteiger partial charge in [0.2, 0.25) is 0 Å². The lowest BCUT2D eigenvalue weighted by atomic mass is 10.1. The van der Waals surface area contributed by atoms with Crippen LogP contribution in [0, 0.1) is 0 Å². The van der Waals surface area contributed by atoms with Gasteiger partial charge in [-0.2, -0.15) is 0 Å². The van der Waals surface area contributed by atoms with E-state index in [0.29, 0.717) is 0 Å². The van der Waals surface area contributed by atoms with Crippen LogP contribution in [0.1, 0.15) is 5.56 Å². The third-order valence-corrected chi connectivity index (χ3v) is 4.22. The van der Waals surface area contributed by atoms with E-state index in [-0.39, 0.29) is 0 Å². The van der Waals surface area contributed by atoms with Crippen molar-refractivity contribution in [1.82, 2.24) is 4.98 Å². The minimum atomic E-state index is 0.885. The summed E-state index contributed by atoms with van der Waals surface area (Å²) in [7, 11) is 0. The van der Waals surface area contributed by atoms with Crippen molar-refractivity contribution < 1.29 is 0 Å². The Bertz CT molecular complexity index is 646. The van der Waals surface area contributed by atoms with Gasteiger partial charge in [-0.15, -0.1) is 11.3 Å². The van der Waals surface area contributed by atoms with Gasteiger partial charge in [-0.3, -0.25) is 0 Å². The highest BCUT2D eigenvalue weighted by atomic mass is 79.9. The van der Waals surface area contributed by atoms with Crippen LogP contribution >= 0.6 is 27.3 Å². The monoisotopic (exact) mass is 303 g/mol. The van der Waals surface area contributed by atoms with Crippen LogP contribution in [0.25, 0.3) is 21.5 Å². The molecule has 17 heavy (non-hydrogen) atoms. The summed E-state index contributed by atoms with van der Waals surface area (Å²) in [5.41, 5.74) is 3.39. The van der Waals surface area contributed by atoms with E-state index < -0.39 is 0 Å². The molecule has 0 aliphatic heterocycles. The molecule has 0 saturated carbocycles. The van der Waals surface area contributed by atoms with Crippen molar-refractivity contribution in [2.75, 3.05) is 0 Å². The topological polar surface area (TPSA) is 12.9 Å². The summed E-state index contributed by atoms with van der Waals surface area (Å²) in [5, 5.41) is 4.16. The molecule has 0 atom stereocenters. The highest BCUT2D eigenvalue weighted by molar-refractivity contribution is 9.08. The molecule has 3 aromatic rings. The number of pyridine rings is 1. The Morgan fingerprint density at radius 3 is 2.82 bits per heavy atom. The number of fused-ring (bicyclic) bond motifs is 1. The normalized spacial score (nSPS) is 10.9. The number of benzene rings is 1. The lowest BCUT2D eigenvalue weighted by molar-refractivity contribution is 1.39. The molecule has 2 aromatic heterocycles. The molecule has 0 fully saturated rings. The van der Waals surface area contributed by atoms with E-state index in [4.69, 9.17) is 0 Å². The minimum Gasteiger partial charge on any atom is -0.247 e. The van der Waals surface area contributed by atoms with Crippen molar-refractivity contribution in [3.63, 3.8) is 0 Å². The van der Waals surface area contributed by atoms with Gasteiger partial charge in [-0.1, -0.05) is 34.1 Å². The van der Waals surface area contributed by atoms with Crippen LogP contribution < -0.4 is 0 Å². The summed E-state index contributed by atoms with van der Waals surface area (Å²) in [5.74, 6) is 0. The largest absolute Gasteiger partial charge is 0.247 e. The van der Waals surface area contributed by atoms with Crippen LogP contribution in [0.15, 0.2) is 47.8 Å². The SMILES string of the molecule is BrCc1ccc2nc(-c3cccs3)ccc2c1. The first kappa shape index (κ1) is 10.9. The zero-order valence-corrected chi connectivity index (χ0v) is 11.5. The lowest BCUT2D eigenvalue weighted by Gasteiger charge is -2.02. The maximum atomic E-state index is 4.69. The second-order valence-electron chi connectivity index (χ2n) is 3.83. The molecule has 3 heteroatoms. The molecular weight excluding hydrogens is 294 g/mol. The van der Waals surface area contributed by atoms with Gasteiger partial charge in [0, 0.05) is 10.7 Å². The van der Waals surface area contributed by atoms with Crippen molar-refractivity contribution in [3.8, 4) is 10.6 Å². The highest BCUT2D eigenvalue weighted by Crippen LogP contribution is 2.25. The summed E-state index contributed by atoms with van der Waals surface area (Å²) in [4.78, 5) is 5.91. The molecule has 3 rings (SSSR count). The molecular formula is C14H10BrNS. The third kappa shape index (κ3) is 2.13. The van der Waals surface area contributed by atoms with Crippen molar-refractivity contribution in [3.05, 3.63) is 53.4 Å². The van der Waals surface area contributed by atoms with Gasteiger partial charge >= 0.3 is 0 Å². The predicted octanol–water partition coefficient (Wildman–Crippen LogP) is 4.86. The standard InChI is InChI=1S/C14H10BrNS/c15-9-10-3-5-12-11(8-10)4-6-13(16-12)14-2-1-7-17-14/h1-8H,9H2. The fourth-order valence-corrected chi connectivity index (χ4v) is 2.86. The number of aromatic nitrogens is 1. The molecule has 1 nitrogen and oxygen atoms in total. The quantitative estimate of drug-likeness (QED) is 0.616. The van der Waals surface area contributed by atoms with Gasteiger partial charge in [-0.05, 0) is 35.2 Å². The van der Waals surface area contributed by atoms with Gasteiger partial charge in [0.05, 0.1) is 16.1 Å². The summed E-state index contributed by atoms with van der Waals surface area (Å²) < 4.78 is 0. The molecule has 2 heterocycles. The Morgan fingerprint density at radius 2 is 2.06 bits per heavy atom. The maximum Gasteiger partial charge on any atom is 0.0809 e. The van der Waals surface area contributed by atoms with Gasteiger partial charge in [-0.25, -0.2) is 4.98 Å². The first-order valence-electron chi connectivity index (χ1n) is 5.36. The molecule has 84 valence electrons. The Morgan fingerprint density at radius 1 is 1.12 bits per heavy atom. The Balaban J connectivity index is 2.14. The van der Waals surface area contributed by atoms with E-state index in [2.05, 4.69) is 68.8 Å². The van der Waals surface area contributed by atoms with Gasteiger partial charge in [0.25, 0.3) is 0 Å².